The molecule has 116 valence electrons. The van der Waals surface area contributed by atoms with Gasteiger partial charge in [-0.05, 0) is 39.8 Å². The summed E-state index contributed by atoms with van der Waals surface area (Å²) in [6.07, 6.45) is -0.330. The molecule has 2 rings (SSSR count). The van der Waals surface area contributed by atoms with E-state index in [4.69, 9.17) is 9.15 Å². The van der Waals surface area contributed by atoms with Gasteiger partial charge in [0, 0.05) is 26.2 Å². The molecule has 0 aromatic carbocycles. The van der Waals surface area contributed by atoms with Gasteiger partial charge in [0.15, 0.2) is 5.76 Å². The summed E-state index contributed by atoms with van der Waals surface area (Å²) < 4.78 is 10.7. The quantitative estimate of drug-likeness (QED) is 0.797. The summed E-state index contributed by atoms with van der Waals surface area (Å²) in [5.74, 6) is 0.927. The first-order chi connectivity index (χ1) is 9.76. The molecule has 0 spiro atoms. The Morgan fingerprint density at radius 2 is 1.67 bits per heavy atom. The lowest BCUT2D eigenvalue weighted by molar-refractivity contribution is 0.0137. The Morgan fingerprint density at radius 1 is 1.10 bits per heavy atom. The number of hydrogen-bond donors (Lipinski definition) is 0. The van der Waals surface area contributed by atoms with Crippen molar-refractivity contribution in [3.63, 3.8) is 0 Å². The normalized spacial score (nSPS) is 16.0. The van der Waals surface area contributed by atoms with Gasteiger partial charge in [0.05, 0.1) is 0 Å². The van der Waals surface area contributed by atoms with E-state index < -0.39 is 5.60 Å². The van der Waals surface area contributed by atoms with Gasteiger partial charge < -0.3 is 19.0 Å². The van der Waals surface area contributed by atoms with E-state index in [2.05, 4.69) is 0 Å². The number of hydrogen-bond acceptors (Lipinski definition) is 4. The van der Waals surface area contributed by atoms with Crippen molar-refractivity contribution in [2.45, 2.75) is 33.3 Å². The highest BCUT2D eigenvalue weighted by molar-refractivity contribution is 5.91. The van der Waals surface area contributed by atoms with Crippen molar-refractivity contribution in [1.82, 2.24) is 9.80 Å². The molecule has 0 radical (unpaired) electrons. The van der Waals surface area contributed by atoms with Gasteiger partial charge in [-0.3, -0.25) is 4.79 Å². The minimum atomic E-state index is -0.504. The Kier molecular flexibility index (Phi) is 4.25. The standard InChI is InChI=1S/C15H22N2O4/c1-11-5-6-12(20-11)13(18)16-7-9-17(10-8-16)14(19)21-15(2,3)4/h5-6H,7-10H2,1-4H3. The fourth-order valence-corrected chi connectivity index (χ4v) is 2.12. The molecule has 2 amide bonds. The van der Waals surface area contributed by atoms with Crippen molar-refractivity contribution in [3.8, 4) is 0 Å². The number of carbonyl (C=O) groups is 2. The van der Waals surface area contributed by atoms with Crippen molar-refractivity contribution in [2.75, 3.05) is 26.2 Å². The maximum atomic E-state index is 12.2. The highest BCUT2D eigenvalue weighted by Gasteiger charge is 2.28. The average Bonchev–Trinajstić information content (AvgIpc) is 2.83. The number of ether oxygens (including phenoxy) is 1. The lowest BCUT2D eigenvalue weighted by Crippen LogP contribution is -2.51. The third-order valence-corrected chi connectivity index (χ3v) is 3.17. The fraction of sp³-hybridized carbons (Fsp3) is 0.600. The molecule has 0 atom stereocenters. The molecule has 1 aliphatic rings. The second-order valence-electron chi connectivity index (χ2n) is 6.17. The van der Waals surface area contributed by atoms with Crippen LogP contribution in [0.25, 0.3) is 0 Å². The predicted octanol–water partition coefficient (Wildman–Crippen LogP) is 2.28. The summed E-state index contributed by atoms with van der Waals surface area (Å²) in [5, 5.41) is 0. The van der Waals surface area contributed by atoms with Crippen LogP contribution in [0, 0.1) is 6.92 Å². The number of rotatable bonds is 1. The first-order valence-electron chi connectivity index (χ1n) is 7.10. The molecule has 1 fully saturated rings. The summed E-state index contributed by atoms with van der Waals surface area (Å²) >= 11 is 0. The van der Waals surface area contributed by atoms with Gasteiger partial charge in [-0.2, -0.15) is 0 Å². The zero-order chi connectivity index (χ0) is 15.6. The highest BCUT2D eigenvalue weighted by Crippen LogP contribution is 2.14. The molecule has 1 aliphatic heterocycles. The van der Waals surface area contributed by atoms with E-state index in [1.807, 2.05) is 20.8 Å². The third-order valence-electron chi connectivity index (χ3n) is 3.17. The Balaban J connectivity index is 1.88. The van der Waals surface area contributed by atoms with E-state index in [0.717, 1.165) is 0 Å². The SMILES string of the molecule is Cc1ccc(C(=O)N2CCN(C(=O)OC(C)(C)C)CC2)o1. The zero-order valence-electron chi connectivity index (χ0n) is 13.0. The van der Waals surface area contributed by atoms with E-state index in [9.17, 15) is 9.59 Å². The number of nitrogens with zero attached hydrogens (tertiary/aromatic N) is 2. The second-order valence-corrected chi connectivity index (χ2v) is 6.17. The molecule has 1 aromatic rings. The smallest absolute Gasteiger partial charge is 0.410 e. The summed E-state index contributed by atoms with van der Waals surface area (Å²) in [6.45, 7) is 9.23. The summed E-state index contributed by atoms with van der Waals surface area (Å²) in [7, 11) is 0. The Bertz CT molecular complexity index is 522. The molecule has 0 bridgehead atoms. The van der Waals surface area contributed by atoms with Crippen molar-refractivity contribution >= 4 is 12.0 Å². The van der Waals surface area contributed by atoms with Crippen LogP contribution in [0.4, 0.5) is 4.79 Å². The second kappa shape index (κ2) is 5.79. The van der Waals surface area contributed by atoms with Gasteiger partial charge in [0.25, 0.3) is 5.91 Å². The minimum Gasteiger partial charge on any atom is -0.456 e. The van der Waals surface area contributed by atoms with Gasteiger partial charge in [-0.25, -0.2) is 4.79 Å². The summed E-state index contributed by atoms with van der Waals surface area (Å²) in [5.41, 5.74) is -0.504. The highest BCUT2D eigenvalue weighted by atomic mass is 16.6. The molecule has 6 nitrogen and oxygen atoms in total. The van der Waals surface area contributed by atoms with Crippen molar-refractivity contribution in [1.29, 1.82) is 0 Å². The largest absolute Gasteiger partial charge is 0.456 e. The summed E-state index contributed by atoms with van der Waals surface area (Å²) in [6, 6.07) is 3.45. The molecule has 0 aliphatic carbocycles. The minimum absolute atomic E-state index is 0.132. The molecule has 2 heterocycles. The molecule has 0 saturated carbocycles. The molecule has 0 unspecified atom stereocenters. The van der Waals surface area contributed by atoms with Gasteiger partial charge in [-0.15, -0.1) is 0 Å². The lowest BCUT2D eigenvalue weighted by atomic mass is 10.2. The van der Waals surface area contributed by atoms with Crippen molar-refractivity contribution in [2.24, 2.45) is 0 Å². The van der Waals surface area contributed by atoms with E-state index in [0.29, 0.717) is 37.7 Å². The van der Waals surface area contributed by atoms with E-state index in [-0.39, 0.29) is 12.0 Å². The first-order valence-corrected chi connectivity index (χ1v) is 7.10. The monoisotopic (exact) mass is 294 g/mol. The molecule has 1 aromatic heterocycles. The predicted molar refractivity (Wildman–Crippen MR) is 77.2 cm³/mol. The van der Waals surface area contributed by atoms with Crippen molar-refractivity contribution < 1.29 is 18.7 Å². The van der Waals surface area contributed by atoms with Crippen LogP contribution in [0.2, 0.25) is 0 Å². The molecular formula is C15H22N2O4. The topological polar surface area (TPSA) is 63.0 Å². The van der Waals surface area contributed by atoms with Gasteiger partial charge in [-0.1, -0.05) is 0 Å². The molecule has 21 heavy (non-hydrogen) atoms. The number of amides is 2. The third kappa shape index (κ3) is 4.00. The van der Waals surface area contributed by atoms with Crippen LogP contribution in [0.15, 0.2) is 16.5 Å². The Labute approximate surface area is 124 Å². The maximum Gasteiger partial charge on any atom is 0.410 e. The van der Waals surface area contributed by atoms with Crippen LogP contribution in [0.5, 0.6) is 0 Å². The fourth-order valence-electron chi connectivity index (χ4n) is 2.12. The number of piperazine rings is 1. The number of carbonyl (C=O) groups excluding carboxylic acids is 2. The average molecular weight is 294 g/mol. The zero-order valence-corrected chi connectivity index (χ0v) is 13.0. The van der Waals surface area contributed by atoms with E-state index in [1.165, 1.54) is 0 Å². The van der Waals surface area contributed by atoms with Gasteiger partial charge >= 0.3 is 6.09 Å². The van der Waals surface area contributed by atoms with Crippen LogP contribution in [-0.4, -0.2) is 53.6 Å². The molecule has 0 N–H and O–H groups in total. The molecular weight excluding hydrogens is 272 g/mol. The lowest BCUT2D eigenvalue weighted by Gasteiger charge is -2.35. The summed E-state index contributed by atoms with van der Waals surface area (Å²) in [4.78, 5) is 27.5. The van der Waals surface area contributed by atoms with E-state index in [1.54, 1.807) is 28.9 Å². The van der Waals surface area contributed by atoms with Crippen LogP contribution >= 0.6 is 0 Å². The Hall–Kier alpha value is -1.98. The first kappa shape index (κ1) is 15.4. The van der Waals surface area contributed by atoms with Crippen LogP contribution < -0.4 is 0 Å². The number of aryl methyl sites for hydroxylation is 1. The molecule has 6 heteroatoms. The maximum absolute atomic E-state index is 12.2. The van der Waals surface area contributed by atoms with Crippen molar-refractivity contribution in [3.05, 3.63) is 23.7 Å². The Morgan fingerprint density at radius 3 is 2.14 bits per heavy atom. The molecule has 1 saturated heterocycles. The van der Waals surface area contributed by atoms with Gasteiger partial charge in [0.1, 0.15) is 11.4 Å². The van der Waals surface area contributed by atoms with Crippen LogP contribution in [0.3, 0.4) is 0 Å². The van der Waals surface area contributed by atoms with Crippen LogP contribution in [0.1, 0.15) is 37.1 Å². The van der Waals surface area contributed by atoms with Gasteiger partial charge in [0.2, 0.25) is 0 Å². The van der Waals surface area contributed by atoms with Crippen LogP contribution in [-0.2, 0) is 4.74 Å². The van der Waals surface area contributed by atoms with E-state index >= 15 is 0 Å². The number of furan rings is 1.